The normalized spacial score (nSPS) is 15.4. The number of aliphatic imine (C=N–C) groups is 1. The molecule has 0 saturated heterocycles. The van der Waals surface area contributed by atoms with E-state index in [-0.39, 0.29) is 24.0 Å². The van der Waals surface area contributed by atoms with Crippen LogP contribution in [0.25, 0.3) is 5.82 Å². The highest BCUT2D eigenvalue weighted by molar-refractivity contribution is 14.0. The molecule has 2 N–H and O–H groups in total. The van der Waals surface area contributed by atoms with Gasteiger partial charge in [-0.05, 0) is 31.4 Å². The van der Waals surface area contributed by atoms with Crippen molar-refractivity contribution in [1.29, 1.82) is 0 Å². The second-order valence-corrected chi connectivity index (χ2v) is 7.10. The fraction of sp³-hybridized carbons (Fsp3) is 0.571. The van der Waals surface area contributed by atoms with Crippen molar-refractivity contribution in [1.82, 2.24) is 25.2 Å². The van der Waals surface area contributed by atoms with Gasteiger partial charge in [0.15, 0.2) is 5.96 Å². The van der Waals surface area contributed by atoms with E-state index in [9.17, 15) is 0 Å². The molecule has 1 fully saturated rings. The number of rotatable bonds is 8. The van der Waals surface area contributed by atoms with Gasteiger partial charge in [-0.3, -0.25) is 4.57 Å². The van der Waals surface area contributed by atoms with Crippen LogP contribution in [0.15, 0.2) is 42.0 Å². The van der Waals surface area contributed by atoms with Gasteiger partial charge in [-0.15, -0.1) is 24.0 Å². The van der Waals surface area contributed by atoms with Gasteiger partial charge in [0.05, 0.1) is 19.3 Å². The molecule has 29 heavy (non-hydrogen) atoms. The maximum absolute atomic E-state index is 6.04. The topological polar surface area (TPSA) is 76.4 Å². The number of imidazole rings is 1. The molecule has 8 heteroatoms. The number of nitrogens with one attached hydrogen (secondary N) is 2. The van der Waals surface area contributed by atoms with Gasteiger partial charge < -0.3 is 15.4 Å². The van der Waals surface area contributed by atoms with E-state index in [0.717, 1.165) is 37.0 Å². The number of ether oxygens (including phenoxy) is 1. The van der Waals surface area contributed by atoms with Gasteiger partial charge in [0.2, 0.25) is 0 Å². The van der Waals surface area contributed by atoms with Crippen LogP contribution in [0, 0.1) is 0 Å². The molecule has 0 amide bonds. The minimum absolute atomic E-state index is 0. The molecule has 0 bridgehead atoms. The minimum Gasteiger partial charge on any atom is -0.376 e. The van der Waals surface area contributed by atoms with E-state index in [0.29, 0.717) is 12.6 Å². The van der Waals surface area contributed by atoms with E-state index >= 15 is 0 Å². The highest BCUT2D eigenvalue weighted by Crippen LogP contribution is 2.19. The Kier molecular flexibility index (Phi) is 11.0. The van der Waals surface area contributed by atoms with E-state index in [2.05, 4.69) is 32.5 Å². The zero-order valence-corrected chi connectivity index (χ0v) is 19.5. The maximum Gasteiger partial charge on any atom is 0.191 e. The number of hydrogen-bond donors (Lipinski definition) is 2. The Morgan fingerprint density at radius 3 is 2.69 bits per heavy atom. The molecular formula is C21H33IN6O. The summed E-state index contributed by atoms with van der Waals surface area (Å²) < 4.78 is 7.92. The lowest BCUT2D eigenvalue weighted by atomic mass is 10.1. The van der Waals surface area contributed by atoms with E-state index in [1.165, 1.54) is 38.5 Å². The summed E-state index contributed by atoms with van der Waals surface area (Å²) in [4.78, 5) is 13.2. The molecule has 2 aromatic heterocycles. The summed E-state index contributed by atoms with van der Waals surface area (Å²) >= 11 is 0. The van der Waals surface area contributed by atoms with Crippen molar-refractivity contribution in [2.75, 3.05) is 19.7 Å². The average molecular weight is 512 g/mol. The van der Waals surface area contributed by atoms with Gasteiger partial charge in [0.25, 0.3) is 0 Å². The molecular weight excluding hydrogens is 479 g/mol. The number of pyridine rings is 1. The lowest BCUT2D eigenvalue weighted by Crippen LogP contribution is -2.39. The monoisotopic (exact) mass is 512 g/mol. The van der Waals surface area contributed by atoms with Crippen LogP contribution < -0.4 is 10.6 Å². The van der Waals surface area contributed by atoms with Crippen LogP contribution in [-0.4, -0.2) is 46.3 Å². The molecule has 1 saturated carbocycles. The van der Waals surface area contributed by atoms with Crippen LogP contribution in [0.4, 0.5) is 0 Å². The average Bonchev–Trinajstić information content (AvgIpc) is 3.14. The predicted octanol–water partition coefficient (Wildman–Crippen LogP) is 3.68. The standard InChI is InChI=1S/C21H32N6O.HI/c1-2-23-21(24-12-14-28-19-7-5-3-4-6-8-19)26-16-18-9-10-20(25-15-18)27-13-11-22-17-27;/h9-11,13,15,17,19H,2-8,12,14,16H2,1H3,(H2,23,24,26);1H. The van der Waals surface area contributed by atoms with Crippen molar-refractivity contribution in [3.05, 3.63) is 42.6 Å². The Labute approximate surface area is 190 Å². The van der Waals surface area contributed by atoms with E-state index < -0.39 is 0 Å². The Balaban J connectivity index is 0.00000300. The van der Waals surface area contributed by atoms with Crippen molar-refractivity contribution in [3.63, 3.8) is 0 Å². The van der Waals surface area contributed by atoms with Crippen LogP contribution in [0.2, 0.25) is 0 Å². The molecule has 1 aliphatic carbocycles. The summed E-state index contributed by atoms with van der Waals surface area (Å²) in [6.45, 7) is 4.96. The maximum atomic E-state index is 6.04. The van der Waals surface area contributed by atoms with Crippen molar-refractivity contribution >= 4 is 29.9 Å². The molecule has 0 aromatic carbocycles. The molecule has 0 radical (unpaired) electrons. The third-order valence-electron chi connectivity index (χ3n) is 4.89. The van der Waals surface area contributed by atoms with Gasteiger partial charge in [-0.25, -0.2) is 15.0 Å². The number of halogens is 1. The molecule has 0 spiro atoms. The molecule has 1 aliphatic rings. The van der Waals surface area contributed by atoms with Crippen LogP contribution >= 0.6 is 24.0 Å². The minimum atomic E-state index is 0. The highest BCUT2D eigenvalue weighted by atomic mass is 127. The highest BCUT2D eigenvalue weighted by Gasteiger charge is 2.12. The second kappa shape index (κ2) is 13.5. The first-order valence-electron chi connectivity index (χ1n) is 10.4. The van der Waals surface area contributed by atoms with E-state index in [4.69, 9.17) is 4.74 Å². The molecule has 2 aromatic rings. The number of nitrogens with zero attached hydrogens (tertiary/aromatic N) is 4. The molecule has 0 unspecified atom stereocenters. The number of guanidine groups is 1. The molecule has 0 aliphatic heterocycles. The van der Waals surface area contributed by atoms with Gasteiger partial charge in [0, 0.05) is 31.7 Å². The number of hydrogen-bond acceptors (Lipinski definition) is 4. The van der Waals surface area contributed by atoms with Crippen LogP contribution in [0.5, 0.6) is 0 Å². The summed E-state index contributed by atoms with van der Waals surface area (Å²) in [5.74, 6) is 1.66. The van der Waals surface area contributed by atoms with E-state index in [1.54, 1.807) is 12.5 Å². The smallest absolute Gasteiger partial charge is 0.191 e. The summed E-state index contributed by atoms with van der Waals surface area (Å²) in [6.07, 6.45) is 15.4. The Hall–Kier alpha value is -1.68. The molecule has 160 valence electrons. The van der Waals surface area contributed by atoms with Gasteiger partial charge >= 0.3 is 0 Å². The zero-order chi connectivity index (χ0) is 19.4. The Morgan fingerprint density at radius 1 is 1.21 bits per heavy atom. The first-order valence-corrected chi connectivity index (χ1v) is 10.4. The predicted molar refractivity (Wildman–Crippen MR) is 127 cm³/mol. The zero-order valence-electron chi connectivity index (χ0n) is 17.2. The van der Waals surface area contributed by atoms with Crippen molar-refractivity contribution in [2.45, 2.75) is 58.1 Å². The van der Waals surface area contributed by atoms with Gasteiger partial charge in [-0.2, -0.15) is 0 Å². The fourth-order valence-electron chi connectivity index (χ4n) is 3.37. The Bertz CT molecular complexity index is 696. The van der Waals surface area contributed by atoms with Gasteiger partial charge in [-0.1, -0.05) is 31.7 Å². The van der Waals surface area contributed by atoms with Crippen molar-refractivity contribution in [3.8, 4) is 5.82 Å². The number of aromatic nitrogens is 3. The summed E-state index contributed by atoms with van der Waals surface area (Å²) in [5.41, 5.74) is 1.07. The molecule has 7 nitrogen and oxygen atoms in total. The van der Waals surface area contributed by atoms with E-state index in [1.807, 2.05) is 29.1 Å². The second-order valence-electron chi connectivity index (χ2n) is 7.10. The molecule has 2 heterocycles. The largest absolute Gasteiger partial charge is 0.376 e. The molecule has 0 atom stereocenters. The van der Waals surface area contributed by atoms with Crippen molar-refractivity contribution < 1.29 is 4.74 Å². The Morgan fingerprint density at radius 2 is 2.03 bits per heavy atom. The van der Waals surface area contributed by atoms with Crippen LogP contribution in [0.1, 0.15) is 51.0 Å². The fourth-order valence-corrected chi connectivity index (χ4v) is 3.37. The molecule has 3 rings (SSSR count). The quantitative estimate of drug-likeness (QED) is 0.186. The summed E-state index contributed by atoms with van der Waals surface area (Å²) in [6, 6.07) is 4.03. The lowest BCUT2D eigenvalue weighted by Gasteiger charge is -2.16. The third-order valence-corrected chi connectivity index (χ3v) is 4.89. The van der Waals surface area contributed by atoms with Crippen molar-refractivity contribution in [2.24, 2.45) is 4.99 Å². The SMILES string of the molecule is CCNC(=NCc1ccc(-n2ccnc2)nc1)NCCOC1CCCCCC1.I. The summed E-state index contributed by atoms with van der Waals surface area (Å²) in [5, 5.41) is 6.65. The first kappa shape index (κ1) is 23.6. The first-order chi connectivity index (χ1) is 13.8. The van der Waals surface area contributed by atoms with Gasteiger partial charge in [0.1, 0.15) is 12.1 Å². The lowest BCUT2D eigenvalue weighted by molar-refractivity contribution is 0.0468. The summed E-state index contributed by atoms with van der Waals surface area (Å²) in [7, 11) is 0. The third kappa shape index (κ3) is 8.30. The van der Waals surface area contributed by atoms with Crippen LogP contribution in [0.3, 0.4) is 0 Å². The van der Waals surface area contributed by atoms with Crippen LogP contribution in [-0.2, 0) is 11.3 Å².